The van der Waals surface area contributed by atoms with Crippen LogP contribution in [0.25, 0.3) is 0 Å². The van der Waals surface area contributed by atoms with Crippen LogP contribution in [0, 0.1) is 0 Å². The third-order valence-electron chi connectivity index (χ3n) is 5.40. The average molecular weight is 441 g/mol. The van der Waals surface area contributed by atoms with E-state index in [2.05, 4.69) is 34.1 Å². The van der Waals surface area contributed by atoms with Crippen molar-refractivity contribution in [1.82, 2.24) is 4.98 Å². The standard InChI is InChI=1S/C23H21ClN2O3S/c1-27-16-2-3-19-23(10-16)30-22(6-9-26(19)13-15-4-7-25-8-5-15)17-11-20-21(12-18(17)24)29-14-28-20/h2-5,7-8,10-12,22H,6,9,13-14H2,1H3. The number of thioether (sulfide) groups is 1. The Labute approximate surface area is 184 Å². The average Bonchev–Trinajstić information content (AvgIpc) is 3.15. The molecule has 0 fully saturated rings. The lowest BCUT2D eigenvalue weighted by Gasteiger charge is -2.25. The van der Waals surface area contributed by atoms with Gasteiger partial charge < -0.3 is 19.1 Å². The lowest BCUT2D eigenvalue weighted by atomic mass is 10.1. The number of fused-ring (bicyclic) bond motifs is 2. The van der Waals surface area contributed by atoms with E-state index in [1.54, 1.807) is 7.11 Å². The fourth-order valence-electron chi connectivity index (χ4n) is 3.85. The van der Waals surface area contributed by atoms with Crippen LogP contribution in [0.4, 0.5) is 5.69 Å². The second-order valence-corrected chi connectivity index (χ2v) is 8.88. The van der Waals surface area contributed by atoms with Crippen molar-refractivity contribution in [2.24, 2.45) is 0 Å². The number of aromatic nitrogens is 1. The Morgan fingerprint density at radius 2 is 1.93 bits per heavy atom. The van der Waals surface area contributed by atoms with Gasteiger partial charge in [0.1, 0.15) is 5.75 Å². The summed E-state index contributed by atoms with van der Waals surface area (Å²) in [5, 5.41) is 0.907. The number of halogens is 1. The molecular weight excluding hydrogens is 420 g/mol. The first-order chi connectivity index (χ1) is 14.7. The highest BCUT2D eigenvalue weighted by Gasteiger charge is 2.27. The fraction of sp³-hybridized carbons (Fsp3) is 0.261. The Kier molecular flexibility index (Phi) is 5.35. The summed E-state index contributed by atoms with van der Waals surface area (Å²) in [6.07, 6.45) is 4.63. The largest absolute Gasteiger partial charge is 0.497 e. The van der Waals surface area contributed by atoms with Crippen LogP contribution >= 0.6 is 23.4 Å². The van der Waals surface area contributed by atoms with Gasteiger partial charge >= 0.3 is 0 Å². The maximum absolute atomic E-state index is 6.65. The van der Waals surface area contributed by atoms with Crippen molar-refractivity contribution < 1.29 is 14.2 Å². The number of pyridine rings is 1. The summed E-state index contributed by atoms with van der Waals surface area (Å²) in [6, 6.07) is 14.3. The van der Waals surface area contributed by atoms with E-state index in [4.69, 9.17) is 25.8 Å². The summed E-state index contributed by atoms with van der Waals surface area (Å²) < 4.78 is 16.6. The second kappa shape index (κ2) is 8.28. The summed E-state index contributed by atoms with van der Waals surface area (Å²) in [6.45, 7) is 1.97. The Morgan fingerprint density at radius 3 is 2.73 bits per heavy atom. The Morgan fingerprint density at radius 1 is 1.13 bits per heavy atom. The van der Waals surface area contributed by atoms with Crippen molar-refractivity contribution in [2.45, 2.75) is 23.1 Å². The van der Waals surface area contributed by atoms with Gasteiger partial charge in [-0.1, -0.05) is 11.6 Å². The predicted molar refractivity (Wildman–Crippen MR) is 119 cm³/mol. The summed E-state index contributed by atoms with van der Waals surface area (Å²) in [5.74, 6) is 2.32. The number of hydrogen-bond donors (Lipinski definition) is 0. The molecule has 0 spiro atoms. The van der Waals surface area contributed by atoms with Crippen LogP contribution < -0.4 is 19.1 Å². The van der Waals surface area contributed by atoms with Crippen LogP contribution in [0.2, 0.25) is 5.02 Å². The lowest BCUT2D eigenvalue weighted by Crippen LogP contribution is -2.24. The molecule has 0 amide bonds. The molecule has 5 rings (SSSR count). The predicted octanol–water partition coefficient (Wildman–Crippen LogP) is 5.72. The van der Waals surface area contributed by atoms with Gasteiger partial charge in [-0.3, -0.25) is 4.98 Å². The molecule has 2 aliphatic heterocycles. The van der Waals surface area contributed by atoms with Gasteiger partial charge in [0.15, 0.2) is 11.5 Å². The molecule has 0 bridgehead atoms. The van der Waals surface area contributed by atoms with Crippen molar-refractivity contribution >= 4 is 29.1 Å². The molecule has 1 unspecified atom stereocenters. The van der Waals surface area contributed by atoms with Crippen molar-refractivity contribution in [3.8, 4) is 17.2 Å². The van der Waals surface area contributed by atoms with Gasteiger partial charge in [-0.2, -0.15) is 0 Å². The molecule has 30 heavy (non-hydrogen) atoms. The zero-order chi connectivity index (χ0) is 20.5. The van der Waals surface area contributed by atoms with Crippen molar-refractivity contribution in [1.29, 1.82) is 0 Å². The molecule has 154 valence electrons. The number of anilines is 1. The van der Waals surface area contributed by atoms with E-state index < -0.39 is 0 Å². The first-order valence-electron chi connectivity index (χ1n) is 9.79. The zero-order valence-electron chi connectivity index (χ0n) is 16.5. The molecule has 1 aromatic heterocycles. The summed E-state index contributed by atoms with van der Waals surface area (Å²) in [4.78, 5) is 7.73. The van der Waals surface area contributed by atoms with Gasteiger partial charge in [0, 0.05) is 46.7 Å². The van der Waals surface area contributed by atoms with Crippen LogP contribution in [0.15, 0.2) is 59.8 Å². The molecule has 0 radical (unpaired) electrons. The second-order valence-electron chi connectivity index (χ2n) is 7.23. The number of nitrogens with zero attached hydrogens (tertiary/aromatic N) is 2. The fourth-order valence-corrected chi connectivity index (χ4v) is 5.56. The van der Waals surface area contributed by atoms with Crippen LogP contribution in [-0.2, 0) is 6.54 Å². The topological polar surface area (TPSA) is 43.8 Å². The van der Waals surface area contributed by atoms with Crippen LogP contribution in [-0.4, -0.2) is 25.4 Å². The quantitative estimate of drug-likeness (QED) is 0.517. The molecule has 2 aromatic carbocycles. The Balaban J connectivity index is 1.50. The number of methoxy groups -OCH3 is 1. The highest BCUT2D eigenvalue weighted by molar-refractivity contribution is 7.99. The van der Waals surface area contributed by atoms with E-state index in [1.807, 2.05) is 42.4 Å². The SMILES string of the molecule is COc1ccc2c(c1)SC(c1cc3c(cc1Cl)OCO3)CCN2Cc1ccncc1. The molecule has 0 aliphatic carbocycles. The molecule has 0 saturated carbocycles. The number of benzene rings is 2. The highest BCUT2D eigenvalue weighted by atomic mass is 35.5. The van der Waals surface area contributed by atoms with Crippen molar-refractivity contribution in [3.05, 3.63) is 71.0 Å². The zero-order valence-corrected chi connectivity index (χ0v) is 18.1. The lowest BCUT2D eigenvalue weighted by molar-refractivity contribution is 0.174. The minimum Gasteiger partial charge on any atom is -0.497 e. The maximum Gasteiger partial charge on any atom is 0.231 e. The number of hydrogen-bond acceptors (Lipinski definition) is 6. The smallest absolute Gasteiger partial charge is 0.231 e. The van der Waals surface area contributed by atoms with E-state index in [0.29, 0.717) is 10.8 Å². The van der Waals surface area contributed by atoms with Gasteiger partial charge in [-0.15, -0.1) is 11.8 Å². The molecular formula is C23H21ClN2O3S. The third kappa shape index (κ3) is 3.77. The van der Waals surface area contributed by atoms with Crippen LogP contribution in [0.3, 0.4) is 0 Å². The molecule has 0 saturated heterocycles. The molecule has 1 atom stereocenters. The third-order valence-corrected chi connectivity index (χ3v) is 7.08. The van der Waals surface area contributed by atoms with Gasteiger partial charge in [0.05, 0.1) is 12.8 Å². The summed E-state index contributed by atoms with van der Waals surface area (Å²) in [7, 11) is 1.70. The molecule has 2 aliphatic rings. The first-order valence-corrected chi connectivity index (χ1v) is 11.0. The van der Waals surface area contributed by atoms with Crippen LogP contribution in [0.1, 0.15) is 22.8 Å². The van der Waals surface area contributed by atoms with Gasteiger partial charge in [-0.05, 0) is 53.9 Å². The van der Waals surface area contributed by atoms with Crippen LogP contribution in [0.5, 0.6) is 17.2 Å². The molecule has 7 heteroatoms. The van der Waals surface area contributed by atoms with E-state index >= 15 is 0 Å². The summed E-state index contributed by atoms with van der Waals surface area (Å²) in [5.41, 5.74) is 3.51. The maximum atomic E-state index is 6.65. The molecule has 3 aromatic rings. The van der Waals surface area contributed by atoms with Crippen molar-refractivity contribution in [2.75, 3.05) is 25.3 Å². The van der Waals surface area contributed by atoms with E-state index in [0.717, 1.165) is 36.6 Å². The molecule has 0 N–H and O–H groups in total. The molecule has 3 heterocycles. The van der Waals surface area contributed by atoms with E-state index in [-0.39, 0.29) is 12.0 Å². The minimum atomic E-state index is 0.195. The highest BCUT2D eigenvalue weighted by Crippen LogP contribution is 2.50. The minimum absolute atomic E-state index is 0.195. The van der Waals surface area contributed by atoms with Gasteiger partial charge in [0.2, 0.25) is 6.79 Å². The van der Waals surface area contributed by atoms with E-state index in [1.165, 1.54) is 16.1 Å². The molecule has 5 nitrogen and oxygen atoms in total. The number of ether oxygens (including phenoxy) is 3. The summed E-state index contributed by atoms with van der Waals surface area (Å²) >= 11 is 8.47. The number of rotatable bonds is 4. The normalized spacial score (nSPS) is 17.4. The monoisotopic (exact) mass is 440 g/mol. The van der Waals surface area contributed by atoms with Gasteiger partial charge in [-0.25, -0.2) is 0 Å². The van der Waals surface area contributed by atoms with Gasteiger partial charge in [0.25, 0.3) is 0 Å². The Bertz CT molecular complexity index is 1060. The first kappa shape index (κ1) is 19.4. The van der Waals surface area contributed by atoms with E-state index in [9.17, 15) is 0 Å². The Hall–Kier alpha value is -2.57. The van der Waals surface area contributed by atoms with Crippen molar-refractivity contribution in [3.63, 3.8) is 0 Å².